The molecule has 0 radical (unpaired) electrons. The molecule has 1 rings (SSSR count). The van der Waals surface area contributed by atoms with Crippen molar-refractivity contribution in [1.29, 1.82) is 0 Å². The summed E-state index contributed by atoms with van der Waals surface area (Å²) in [6.45, 7) is 15.1. The van der Waals surface area contributed by atoms with Crippen LogP contribution < -0.4 is 0 Å². The predicted molar refractivity (Wildman–Crippen MR) is 177 cm³/mol. The van der Waals surface area contributed by atoms with Crippen molar-refractivity contribution >= 4 is 42.7 Å². The molecule has 1 aliphatic rings. The maximum absolute atomic E-state index is 14.4. The van der Waals surface area contributed by atoms with Gasteiger partial charge in [0.1, 0.15) is 0 Å². The molecule has 0 aromatic carbocycles. The number of ether oxygens (including phenoxy) is 2. The Morgan fingerprint density at radius 2 is 1.08 bits per heavy atom. The van der Waals surface area contributed by atoms with Gasteiger partial charge in [-0.05, 0) is 0 Å². The molecule has 230 valence electrons. The first-order chi connectivity index (χ1) is 18.9. The Balaban J connectivity index is 4.09. The van der Waals surface area contributed by atoms with Gasteiger partial charge in [-0.15, -0.1) is 0 Å². The number of hydrogen-bond donors (Lipinski definition) is 0. The van der Waals surface area contributed by atoms with E-state index in [1.807, 2.05) is 0 Å². The fourth-order valence-corrected chi connectivity index (χ4v) is 51.3. The van der Waals surface area contributed by atoms with Crippen LogP contribution in [0.5, 0.6) is 0 Å². The first-order valence-corrected chi connectivity index (χ1v) is 32.3. The molecule has 3 nitrogen and oxygen atoms in total. The predicted octanol–water partition coefficient (Wildman–Crippen LogP) is 11.2. The Morgan fingerprint density at radius 3 is 1.41 bits per heavy atom. The van der Waals surface area contributed by atoms with Crippen molar-refractivity contribution in [2.45, 2.75) is 177 Å². The Hall–Kier alpha value is 0.767. The van der Waals surface area contributed by atoms with Gasteiger partial charge in [0, 0.05) is 0 Å². The summed E-state index contributed by atoms with van der Waals surface area (Å²) in [5, 5.41) is 0. The average molecular weight is 762 g/mol. The summed E-state index contributed by atoms with van der Waals surface area (Å²) in [5.74, 6) is 0.116. The van der Waals surface area contributed by atoms with E-state index in [1.165, 1.54) is 127 Å². The van der Waals surface area contributed by atoms with Gasteiger partial charge in [0.05, 0.1) is 0 Å². The number of unbranched alkanes of at least 4 members (excludes halogenated alkanes) is 6. The number of carbonyl (C=O) groups is 1. The number of carbonyl (C=O) groups excluding carboxylic acids is 1. The number of hydrogen-bond acceptors (Lipinski definition) is 3. The molecule has 0 amide bonds. The summed E-state index contributed by atoms with van der Waals surface area (Å²) in [4.78, 5) is 14.4. The third-order valence-corrected chi connectivity index (χ3v) is 43.5. The van der Waals surface area contributed by atoms with Gasteiger partial charge in [-0.2, -0.15) is 0 Å². The zero-order valence-electron chi connectivity index (χ0n) is 27.6. The van der Waals surface area contributed by atoms with Crippen LogP contribution in [0.1, 0.15) is 144 Å². The summed E-state index contributed by atoms with van der Waals surface area (Å²) in [7, 11) is 1.69. The van der Waals surface area contributed by atoms with E-state index >= 15 is 0 Å². The molecule has 0 saturated carbocycles. The first kappa shape index (κ1) is 37.8. The molecule has 0 aromatic heterocycles. The van der Waals surface area contributed by atoms with E-state index in [0.29, 0.717) is 6.10 Å². The summed E-state index contributed by atoms with van der Waals surface area (Å²) in [5.41, 5.74) is 0. The Kier molecular flexibility index (Phi) is 21.6. The van der Waals surface area contributed by atoms with E-state index in [-0.39, 0.29) is 5.97 Å². The van der Waals surface area contributed by atoms with E-state index in [9.17, 15) is 4.79 Å². The van der Waals surface area contributed by atoms with E-state index in [2.05, 4.69) is 41.5 Å². The Labute approximate surface area is 253 Å². The van der Waals surface area contributed by atoms with Crippen LogP contribution in [0.4, 0.5) is 0 Å². The molecular formula is C34H68O3Sn2. The molecule has 0 spiro atoms. The SMILES string of the molecule is CCC[CH2][Sn]([CH2]CCC)([CH2]CCC)/[C](CC1CCCCO1)=[C](/C(=O)OC)[Sn]([CH2]CCC)([CH2]CCC)[CH2]CCC. The van der Waals surface area contributed by atoms with Crippen molar-refractivity contribution < 1.29 is 14.3 Å². The Bertz CT molecular complexity index is 626. The van der Waals surface area contributed by atoms with Crippen LogP contribution in [0.15, 0.2) is 7.18 Å². The van der Waals surface area contributed by atoms with Gasteiger partial charge in [0.2, 0.25) is 0 Å². The zero-order chi connectivity index (χ0) is 29.0. The van der Waals surface area contributed by atoms with Gasteiger partial charge >= 0.3 is 255 Å². The summed E-state index contributed by atoms with van der Waals surface area (Å²) < 4.78 is 23.9. The Morgan fingerprint density at radius 1 is 0.667 bits per heavy atom. The van der Waals surface area contributed by atoms with Gasteiger partial charge in [-0.3, -0.25) is 0 Å². The van der Waals surface area contributed by atoms with Crippen LogP contribution in [-0.2, 0) is 14.3 Å². The second-order valence-corrected chi connectivity index (χ2v) is 39.0. The van der Waals surface area contributed by atoms with Gasteiger partial charge in [0.25, 0.3) is 0 Å². The van der Waals surface area contributed by atoms with Gasteiger partial charge in [0.15, 0.2) is 0 Å². The molecule has 0 aromatic rings. The molecule has 1 atom stereocenters. The molecule has 5 heteroatoms. The summed E-state index contributed by atoms with van der Waals surface area (Å²) in [6.07, 6.45) is 20.5. The molecule has 0 bridgehead atoms. The topological polar surface area (TPSA) is 35.5 Å². The third kappa shape index (κ3) is 12.5. The van der Waals surface area contributed by atoms with Crippen molar-refractivity contribution in [2.75, 3.05) is 13.7 Å². The molecular weight excluding hydrogens is 694 g/mol. The third-order valence-electron chi connectivity index (χ3n) is 9.62. The molecule has 0 aliphatic carbocycles. The van der Waals surface area contributed by atoms with Crippen LogP contribution in [0, 0.1) is 0 Å². The maximum atomic E-state index is 14.4. The minimum absolute atomic E-state index is 0.116. The minimum atomic E-state index is -3.07. The zero-order valence-corrected chi connectivity index (χ0v) is 33.3. The number of methoxy groups -OCH3 is 1. The molecule has 1 aliphatic heterocycles. The van der Waals surface area contributed by atoms with Crippen molar-refractivity contribution in [1.82, 2.24) is 0 Å². The molecule has 0 N–H and O–H groups in total. The number of rotatable bonds is 23. The second kappa shape index (κ2) is 22.3. The molecule has 1 fully saturated rings. The average Bonchev–Trinajstić information content (AvgIpc) is 2.97. The van der Waals surface area contributed by atoms with Gasteiger partial charge in [-0.1, -0.05) is 0 Å². The van der Waals surface area contributed by atoms with Gasteiger partial charge in [-0.25, -0.2) is 0 Å². The van der Waals surface area contributed by atoms with E-state index < -0.39 is 36.8 Å². The van der Waals surface area contributed by atoms with E-state index in [4.69, 9.17) is 9.47 Å². The van der Waals surface area contributed by atoms with Crippen LogP contribution >= 0.6 is 0 Å². The van der Waals surface area contributed by atoms with Crippen molar-refractivity contribution in [3.8, 4) is 0 Å². The summed E-state index contributed by atoms with van der Waals surface area (Å²) in [6, 6.07) is 0. The van der Waals surface area contributed by atoms with Crippen LogP contribution in [0.2, 0.25) is 26.6 Å². The van der Waals surface area contributed by atoms with Crippen LogP contribution in [0.3, 0.4) is 0 Å². The standard InChI is InChI=1S/C10H14O3.6C4H9.2Sn/c1-12-10(11)7-4-6-9-5-2-3-8-13-9;6*1-3-4-2;;/h9H,2-3,5-6,8H2,1H3;6*1,3-4H2,2H3;;. The van der Waals surface area contributed by atoms with Crippen molar-refractivity contribution in [2.24, 2.45) is 0 Å². The fraction of sp³-hybridized carbons (Fsp3) is 0.912. The first-order valence-electron chi connectivity index (χ1n) is 17.4. The normalized spacial score (nSPS) is 17.3. The number of esters is 1. The molecule has 1 unspecified atom stereocenters. The van der Waals surface area contributed by atoms with Gasteiger partial charge < -0.3 is 0 Å². The summed E-state index contributed by atoms with van der Waals surface area (Å²) >= 11 is -6.00. The second-order valence-electron chi connectivity index (χ2n) is 12.7. The van der Waals surface area contributed by atoms with Crippen molar-refractivity contribution in [3.05, 3.63) is 7.18 Å². The monoisotopic (exact) mass is 764 g/mol. The molecule has 1 heterocycles. The van der Waals surface area contributed by atoms with E-state index in [1.54, 1.807) is 10.7 Å². The van der Waals surface area contributed by atoms with Crippen molar-refractivity contribution in [3.63, 3.8) is 0 Å². The fourth-order valence-electron chi connectivity index (χ4n) is 7.21. The van der Waals surface area contributed by atoms with Crippen LogP contribution in [0.25, 0.3) is 0 Å². The van der Waals surface area contributed by atoms with E-state index in [0.717, 1.165) is 13.0 Å². The molecule has 39 heavy (non-hydrogen) atoms. The van der Waals surface area contributed by atoms with Crippen LogP contribution in [-0.4, -0.2) is 62.5 Å². The molecule has 1 saturated heterocycles. The quantitative estimate of drug-likeness (QED) is 0.0591.